The van der Waals surface area contributed by atoms with E-state index in [4.69, 9.17) is 14.2 Å². The van der Waals surface area contributed by atoms with Gasteiger partial charge in [-0.3, -0.25) is 14.5 Å². The highest BCUT2D eigenvalue weighted by Gasteiger charge is 2.47. The van der Waals surface area contributed by atoms with Crippen molar-refractivity contribution in [1.82, 2.24) is 0 Å². The number of hydrogen-bond acceptors (Lipinski definition) is 7. The molecule has 0 radical (unpaired) electrons. The third kappa shape index (κ3) is 5.80. The Bertz CT molecular complexity index is 1380. The molecule has 0 aliphatic carbocycles. The van der Waals surface area contributed by atoms with Crippen molar-refractivity contribution in [2.24, 2.45) is 0 Å². The molecule has 1 heterocycles. The first-order chi connectivity index (χ1) is 18.9. The van der Waals surface area contributed by atoms with E-state index in [0.717, 1.165) is 19.3 Å². The number of methoxy groups -OCH3 is 2. The number of unbranched alkanes of at least 4 members (excludes halogenated alkanes) is 2. The molecule has 0 bridgehead atoms. The Kier molecular flexibility index (Phi) is 8.66. The minimum Gasteiger partial charge on any atom is -0.507 e. The molecule has 39 heavy (non-hydrogen) atoms. The minimum absolute atomic E-state index is 0.0538. The van der Waals surface area contributed by atoms with Gasteiger partial charge in [-0.1, -0.05) is 31.9 Å². The third-order valence-electron chi connectivity index (χ3n) is 6.56. The van der Waals surface area contributed by atoms with Gasteiger partial charge in [-0.2, -0.15) is 0 Å². The minimum atomic E-state index is -0.936. The van der Waals surface area contributed by atoms with Gasteiger partial charge in [0.05, 0.1) is 38.0 Å². The Balaban J connectivity index is 1.77. The topological polar surface area (TPSA) is 102 Å². The highest BCUT2D eigenvalue weighted by molar-refractivity contribution is 6.51. The molecule has 1 unspecified atom stereocenters. The Hall–Kier alpha value is -4.59. The van der Waals surface area contributed by atoms with Gasteiger partial charge in [-0.25, -0.2) is 4.79 Å². The average molecular weight is 530 g/mol. The molecule has 0 aromatic heterocycles. The summed E-state index contributed by atoms with van der Waals surface area (Å²) in [6.45, 7) is 2.71. The number of esters is 1. The quantitative estimate of drug-likeness (QED) is 0.119. The number of amides is 1. The first-order valence-electron chi connectivity index (χ1n) is 12.8. The highest BCUT2D eigenvalue weighted by atomic mass is 16.5. The Morgan fingerprint density at radius 3 is 2.23 bits per heavy atom. The van der Waals surface area contributed by atoms with Gasteiger partial charge in [0, 0.05) is 11.3 Å². The number of ketones is 1. The molecule has 0 saturated carbocycles. The average Bonchev–Trinajstić information content (AvgIpc) is 3.24. The number of ether oxygens (including phenoxy) is 3. The smallest absolute Gasteiger partial charge is 0.337 e. The molecule has 1 N–H and O–H groups in total. The molecule has 1 atom stereocenters. The number of aliphatic hydroxyl groups is 1. The predicted molar refractivity (Wildman–Crippen MR) is 147 cm³/mol. The van der Waals surface area contributed by atoms with E-state index in [9.17, 15) is 19.5 Å². The van der Waals surface area contributed by atoms with Crippen molar-refractivity contribution in [3.05, 3.63) is 95.1 Å². The van der Waals surface area contributed by atoms with E-state index < -0.39 is 23.7 Å². The third-order valence-corrected chi connectivity index (χ3v) is 6.56. The summed E-state index contributed by atoms with van der Waals surface area (Å²) >= 11 is 0. The summed E-state index contributed by atoms with van der Waals surface area (Å²) in [6, 6.07) is 19.0. The Morgan fingerprint density at radius 2 is 1.59 bits per heavy atom. The lowest BCUT2D eigenvalue weighted by Crippen LogP contribution is -2.29. The number of aliphatic hydroxyl groups excluding tert-OH is 1. The second kappa shape index (κ2) is 12.3. The van der Waals surface area contributed by atoms with Crippen molar-refractivity contribution in [2.75, 3.05) is 25.7 Å². The van der Waals surface area contributed by atoms with Crippen molar-refractivity contribution >= 4 is 29.1 Å². The lowest BCUT2D eigenvalue weighted by Gasteiger charge is -2.26. The molecular weight excluding hydrogens is 498 g/mol. The van der Waals surface area contributed by atoms with Crippen molar-refractivity contribution < 1.29 is 33.7 Å². The van der Waals surface area contributed by atoms with E-state index in [1.807, 2.05) is 0 Å². The first-order valence-corrected chi connectivity index (χ1v) is 12.8. The van der Waals surface area contributed by atoms with Crippen LogP contribution >= 0.6 is 0 Å². The van der Waals surface area contributed by atoms with Gasteiger partial charge in [-0.15, -0.1) is 0 Å². The number of anilines is 1. The van der Waals surface area contributed by atoms with Crippen LogP contribution in [0.25, 0.3) is 5.76 Å². The molecule has 1 fully saturated rings. The van der Waals surface area contributed by atoms with Gasteiger partial charge >= 0.3 is 5.97 Å². The fourth-order valence-electron chi connectivity index (χ4n) is 4.51. The molecular formula is C31H31NO7. The highest BCUT2D eigenvalue weighted by Crippen LogP contribution is 2.43. The van der Waals surface area contributed by atoms with E-state index >= 15 is 0 Å². The van der Waals surface area contributed by atoms with Crippen LogP contribution in [0.5, 0.6) is 11.5 Å². The van der Waals surface area contributed by atoms with Crippen LogP contribution in [0.15, 0.2) is 78.4 Å². The van der Waals surface area contributed by atoms with Crippen LogP contribution in [0.4, 0.5) is 5.69 Å². The fourth-order valence-corrected chi connectivity index (χ4v) is 4.51. The summed E-state index contributed by atoms with van der Waals surface area (Å²) in [5.74, 6) is -1.26. The predicted octanol–water partition coefficient (Wildman–Crippen LogP) is 5.68. The van der Waals surface area contributed by atoms with Gasteiger partial charge in [0.2, 0.25) is 0 Å². The summed E-state index contributed by atoms with van der Waals surface area (Å²) in [7, 11) is 2.80. The van der Waals surface area contributed by atoms with Crippen LogP contribution in [0, 0.1) is 0 Å². The van der Waals surface area contributed by atoms with Gasteiger partial charge in [-0.05, 0) is 72.6 Å². The van der Waals surface area contributed by atoms with Crippen LogP contribution in [0.3, 0.4) is 0 Å². The van der Waals surface area contributed by atoms with Crippen molar-refractivity contribution in [3.63, 3.8) is 0 Å². The largest absolute Gasteiger partial charge is 0.507 e. The SMILES string of the molecule is CCCCCOc1ccc(/C(O)=C2\C(=O)C(=O)N(c3ccc(C(=O)OC)cc3)C2c2cccc(OC)c2)cc1. The molecule has 1 aliphatic heterocycles. The number of carbonyl (C=O) groups is 3. The van der Waals surface area contributed by atoms with Gasteiger partial charge in [0.15, 0.2) is 0 Å². The Labute approximate surface area is 227 Å². The summed E-state index contributed by atoms with van der Waals surface area (Å²) in [4.78, 5) is 40.0. The second-order valence-corrected chi connectivity index (χ2v) is 9.06. The zero-order valence-electron chi connectivity index (χ0n) is 22.2. The van der Waals surface area contributed by atoms with Crippen LogP contribution in [0.1, 0.15) is 53.7 Å². The lowest BCUT2D eigenvalue weighted by molar-refractivity contribution is -0.132. The fraction of sp³-hybridized carbons (Fsp3) is 0.258. The molecule has 1 amide bonds. The molecule has 3 aromatic rings. The van der Waals surface area contributed by atoms with E-state index in [2.05, 4.69) is 6.92 Å². The summed E-state index contributed by atoms with van der Waals surface area (Å²) < 4.78 is 15.9. The Morgan fingerprint density at radius 1 is 0.897 bits per heavy atom. The zero-order chi connectivity index (χ0) is 27.9. The molecule has 0 spiro atoms. The molecule has 202 valence electrons. The summed E-state index contributed by atoms with van der Waals surface area (Å²) in [5, 5.41) is 11.4. The van der Waals surface area contributed by atoms with E-state index in [-0.39, 0.29) is 11.3 Å². The van der Waals surface area contributed by atoms with Crippen LogP contribution in [0.2, 0.25) is 0 Å². The molecule has 1 aliphatic rings. The van der Waals surface area contributed by atoms with Gasteiger partial charge < -0.3 is 19.3 Å². The number of nitrogens with zero attached hydrogens (tertiary/aromatic N) is 1. The number of hydrogen-bond donors (Lipinski definition) is 1. The number of rotatable bonds is 10. The number of benzene rings is 3. The van der Waals surface area contributed by atoms with Gasteiger partial charge in [0.25, 0.3) is 11.7 Å². The number of carbonyl (C=O) groups excluding carboxylic acids is 3. The maximum absolute atomic E-state index is 13.4. The van der Waals surface area contributed by atoms with Crippen molar-refractivity contribution in [1.29, 1.82) is 0 Å². The second-order valence-electron chi connectivity index (χ2n) is 9.06. The monoisotopic (exact) mass is 529 g/mol. The van der Waals surface area contributed by atoms with Crippen molar-refractivity contribution in [2.45, 2.75) is 32.2 Å². The maximum atomic E-state index is 13.4. The van der Waals surface area contributed by atoms with Crippen LogP contribution < -0.4 is 14.4 Å². The van der Waals surface area contributed by atoms with Crippen LogP contribution in [-0.2, 0) is 14.3 Å². The molecule has 8 heteroatoms. The number of Topliss-reactive ketones (excluding diaryl/α,β-unsaturated/α-hetero) is 1. The van der Waals surface area contributed by atoms with E-state index in [0.29, 0.717) is 40.5 Å². The summed E-state index contributed by atoms with van der Waals surface area (Å²) in [5.41, 5.74) is 1.58. The molecule has 4 rings (SSSR count). The normalized spacial score (nSPS) is 16.3. The van der Waals surface area contributed by atoms with Gasteiger partial charge in [0.1, 0.15) is 17.3 Å². The molecule has 8 nitrogen and oxygen atoms in total. The molecule has 1 saturated heterocycles. The van der Waals surface area contributed by atoms with Crippen molar-refractivity contribution in [3.8, 4) is 11.5 Å². The summed E-state index contributed by atoms with van der Waals surface area (Å²) in [6.07, 6.45) is 3.12. The lowest BCUT2D eigenvalue weighted by atomic mass is 9.95. The molecule has 3 aromatic carbocycles. The van der Waals surface area contributed by atoms with E-state index in [1.54, 1.807) is 60.7 Å². The first kappa shape index (κ1) is 27.4. The van der Waals surface area contributed by atoms with E-state index in [1.165, 1.54) is 31.3 Å². The van der Waals surface area contributed by atoms with Crippen LogP contribution in [-0.4, -0.2) is 43.6 Å². The zero-order valence-corrected chi connectivity index (χ0v) is 22.2. The standard InChI is InChI=1S/C31H31NO7/c1-4-5-6-18-39-24-16-12-20(13-17-24)28(33)26-27(22-8-7-9-25(19-22)37-2)32(30(35)29(26)34)23-14-10-21(11-15-23)31(36)38-3/h7-17,19,27,33H,4-6,18H2,1-3H3/b28-26+. The maximum Gasteiger partial charge on any atom is 0.337 e.